The molecular weight excluding hydrogens is 312 g/mol. The normalized spacial score (nSPS) is 15.2. The first kappa shape index (κ1) is 13.9. The summed E-state index contributed by atoms with van der Waals surface area (Å²) in [5.74, 6) is -0.387. The Labute approximate surface area is 135 Å². The highest BCUT2D eigenvalue weighted by Gasteiger charge is 2.21. The molecule has 3 heterocycles. The summed E-state index contributed by atoms with van der Waals surface area (Å²) in [6, 6.07) is 8.44. The van der Waals surface area contributed by atoms with Gasteiger partial charge >= 0.3 is 5.97 Å². The van der Waals surface area contributed by atoms with Gasteiger partial charge in [0.1, 0.15) is 5.82 Å². The molecule has 114 valence electrons. The van der Waals surface area contributed by atoms with E-state index in [9.17, 15) is 9.59 Å². The number of fused-ring (bicyclic) bond motifs is 2. The molecule has 1 aliphatic rings. The number of benzene rings is 1. The molecule has 6 heteroatoms. The van der Waals surface area contributed by atoms with Gasteiger partial charge in [0.05, 0.1) is 16.5 Å². The number of allylic oxidation sites excluding steroid dienone is 1. The summed E-state index contributed by atoms with van der Waals surface area (Å²) >= 11 is 1.63. The van der Waals surface area contributed by atoms with Gasteiger partial charge in [0.25, 0.3) is 5.56 Å². The van der Waals surface area contributed by atoms with Crippen molar-refractivity contribution < 1.29 is 9.90 Å². The van der Waals surface area contributed by atoms with Crippen LogP contribution in [0.5, 0.6) is 0 Å². The van der Waals surface area contributed by atoms with Crippen molar-refractivity contribution in [3.8, 4) is 0 Å². The molecule has 4 rings (SSSR count). The Balaban J connectivity index is 1.94. The molecule has 1 aliphatic heterocycles. The molecule has 0 unspecified atom stereocenters. The molecule has 0 fully saturated rings. The predicted molar refractivity (Wildman–Crippen MR) is 89.8 cm³/mol. The van der Waals surface area contributed by atoms with Crippen LogP contribution in [-0.2, 0) is 6.54 Å². The van der Waals surface area contributed by atoms with Gasteiger partial charge in [-0.3, -0.25) is 9.36 Å². The van der Waals surface area contributed by atoms with Crippen LogP contribution in [0.1, 0.15) is 27.5 Å². The van der Waals surface area contributed by atoms with E-state index in [1.165, 1.54) is 12.1 Å². The van der Waals surface area contributed by atoms with E-state index < -0.39 is 5.97 Å². The number of aromatic carboxylic acids is 1. The fourth-order valence-electron chi connectivity index (χ4n) is 2.83. The Morgan fingerprint density at radius 3 is 2.96 bits per heavy atom. The lowest BCUT2D eigenvalue weighted by atomic mass is 10.1. The van der Waals surface area contributed by atoms with Crippen LogP contribution in [-0.4, -0.2) is 20.6 Å². The van der Waals surface area contributed by atoms with Crippen LogP contribution in [0, 0.1) is 0 Å². The largest absolute Gasteiger partial charge is 0.478 e. The first-order chi connectivity index (χ1) is 11.1. The lowest BCUT2D eigenvalue weighted by Crippen LogP contribution is -2.20. The number of carboxylic acid groups (broad SMARTS) is 1. The van der Waals surface area contributed by atoms with E-state index in [0.29, 0.717) is 23.3 Å². The smallest absolute Gasteiger partial charge is 0.335 e. The number of carboxylic acids is 1. The van der Waals surface area contributed by atoms with Crippen LogP contribution in [0.4, 0.5) is 0 Å². The Kier molecular flexibility index (Phi) is 3.12. The minimum Gasteiger partial charge on any atom is -0.478 e. The molecule has 1 aromatic carbocycles. The van der Waals surface area contributed by atoms with Crippen LogP contribution in [0.2, 0.25) is 0 Å². The summed E-state index contributed by atoms with van der Waals surface area (Å²) in [4.78, 5) is 29.4. The molecule has 0 spiro atoms. The quantitative estimate of drug-likeness (QED) is 0.786. The minimum atomic E-state index is -1.02. The van der Waals surface area contributed by atoms with Crippen molar-refractivity contribution in [2.75, 3.05) is 0 Å². The minimum absolute atomic E-state index is 0.114. The van der Waals surface area contributed by atoms with Crippen molar-refractivity contribution in [2.24, 2.45) is 0 Å². The highest BCUT2D eigenvalue weighted by Crippen LogP contribution is 2.28. The summed E-state index contributed by atoms with van der Waals surface area (Å²) < 4.78 is 1.67. The molecular formula is C17H12N2O3S. The summed E-state index contributed by atoms with van der Waals surface area (Å²) in [5.41, 5.74) is 1.46. The topological polar surface area (TPSA) is 72.2 Å². The standard InChI is InChI=1S/C17H12N2O3S/c20-16-13-4-3-11(17(21)22)9-14(13)18-15-10(5-6-19(15)16)8-12-2-1-7-23-12/h1-4,7-9H,5-6H2,(H,21,22)/b10-8-. The number of thiophene rings is 1. The third-order valence-electron chi connectivity index (χ3n) is 3.95. The molecule has 23 heavy (non-hydrogen) atoms. The Morgan fingerprint density at radius 2 is 2.22 bits per heavy atom. The van der Waals surface area contributed by atoms with Crippen LogP contribution in [0.25, 0.3) is 22.6 Å². The van der Waals surface area contributed by atoms with Gasteiger partial charge in [0.15, 0.2) is 0 Å². The lowest BCUT2D eigenvalue weighted by molar-refractivity contribution is 0.0697. The van der Waals surface area contributed by atoms with Crippen molar-refractivity contribution in [2.45, 2.75) is 13.0 Å². The van der Waals surface area contributed by atoms with Crippen molar-refractivity contribution in [3.05, 3.63) is 62.3 Å². The van der Waals surface area contributed by atoms with Crippen LogP contribution in [0.15, 0.2) is 40.5 Å². The van der Waals surface area contributed by atoms with E-state index in [0.717, 1.165) is 16.9 Å². The van der Waals surface area contributed by atoms with Crippen LogP contribution < -0.4 is 5.56 Å². The van der Waals surface area contributed by atoms with Crippen molar-refractivity contribution >= 4 is 39.9 Å². The van der Waals surface area contributed by atoms with E-state index in [-0.39, 0.29) is 11.1 Å². The molecule has 0 saturated carbocycles. The molecule has 0 bridgehead atoms. The number of hydrogen-bond donors (Lipinski definition) is 1. The maximum atomic E-state index is 12.6. The monoisotopic (exact) mass is 324 g/mol. The molecule has 1 N–H and O–H groups in total. The van der Waals surface area contributed by atoms with Gasteiger partial charge in [-0.25, -0.2) is 9.78 Å². The highest BCUT2D eigenvalue weighted by atomic mass is 32.1. The summed E-state index contributed by atoms with van der Waals surface area (Å²) in [6.45, 7) is 0.606. The number of aromatic nitrogens is 2. The van der Waals surface area contributed by atoms with Gasteiger partial charge in [0, 0.05) is 11.4 Å². The predicted octanol–water partition coefficient (Wildman–Crippen LogP) is 3.10. The lowest BCUT2D eigenvalue weighted by Gasteiger charge is -2.06. The second-order valence-electron chi connectivity index (χ2n) is 5.36. The summed E-state index contributed by atoms with van der Waals surface area (Å²) in [5, 5.41) is 11.6. The third-order valence-corrected chi connectivity index (χ3v) is 4.77. The van der Waals surface area contributed by atoms with Gasteiger partial charge in [-0.1, -0.05) is 6.07 Å². The Bertz CT molecular complexity index is 1020. The molecule has 0 amide bonds. The molecule has 5 nitrogen and oxygen atoms in total. The first-order valence-corrected chi connectivity index (χ1v) is 8.04. The van der Waals surface area contributed by atoms with Crippen LogP contribution in [0.3, 0.4) is 0 Å². The van der Waals surface area contributed by atoms with Gasteiger partial charge < -0.3 is 5.11 Å². The van der Waals surface area contributed by atoms with Crippen LogP contribution >= 0.6 is 11.3 Å². The summed E-state index contributed by atoms with van der Waals surface area (Å²) in [6.07, 6.45) is 2.80. The van der Waals surface area contributed by atoms with Crippen molar-refractivity contribution in [1.29, 1.82) is 0 Å². The average molecular weight is 324 g/mol. The number of rotatable bonds is 2. The first-order valence-electron chi connectivity index (χ1n) is 7.16. The maximum absolute atomic E-state index is 12.6. The van der Waals surface area contributed by atoms with Gasteiger partial charge in [0.2, 0.25) is 0 Å². The van der Waals surface area contributed by atoms with E-state index in [2.05, 4.69) is 4.98 Å². The summed E-state index contributed by atoms with van der Waals surface area (Å²) in [7, 11) is 0. The molecule has 0 radical (unpaired) electrons. The van der Waals surface area contributed by atoms with Gasteiger partial charge in [-0.05, 0) is 47.7 Å². The second kappa shape index (κ2) is 5.17. The van der Waals surface area contributed by atoms with E-state index in [1.807, 2.05) is 23.6 Å². The average Bonchev–Trinajstić information content (AvgIpc) is 3.18. The highest BCUT2D eigenvalue weighted by molar-refractivity contribution is 7.10. The second-order valence-corrected chi connectivity index (χ2v) is 6.34. The number of carbonyl (C=O) groups is 1. The fraction of sp³-hybridized carbons (Fsp3) is 0.118. The van der Waals surface area contributed by atoms with E-state index in [1.54, 1.807) is 22.0 Å². The van der Waals surface area contributed by atoms with Crippen molar-refractivity contribution in [3.63, 3.8) is 0 Å². The Hall–Kier alpha value is -2.73. The molecule has 3 aromatic rings. The van der Waals surface area contributed by atoms with Gasteiger partial charge in [-0.2, -0.15) is 0 Å². The van der Waals surface area contributed by atoms with E-state index >= 15 is 0 Å². The number of hydrogen-bond acceptors (Lipinski definition) is 4. The zero-order chi connectivity index (χ0) is 16.0. The Morgan fingerprint density at radius 1 is 1.35 bits per heavy atom. The van der Waals surface area contributed by atoms with Gasteiger partial charge in [-0.15, -0.1) is 11.3 Å². The maximum Gasteiger partial charge on any atom is 0.335 e. The van der Waals surface area contributed by atoms with E-state index in [4.69, 9.17) is 5.11 Å². The zero-order valence-electron chi connectivity index (χ0n) is 12.0. The fourth-order valence-corrected chi connectivity index (χ4v) is 3.51. The van der Waals surface area contributed by atoms with Crippen molar-refractivity contribution in [1.82, 2.24) is 9.55 Å². The number of nitrogens with zero attached hydrogens (tertiary/aromatic N) is 2. The molecule has 0 saturated heterocycles. The molecule has 2 aromatic heterocycles. The molecule has 0 atom stereocenters. The molecule has 0 aliphatic carbocycles. The third kappa shape index (κ3) is 2.27. The zero-order valence-corrected chi connectivity index (χ0v) is 12.8. The SMILES string of the molecule is O=C(O)c1ccc2c(=O)n3c(nc2c1)/C(=C\c1cccs1)CC3.